The van der Waals surface area contributed by atoms with E-state index in [1.165, 1.54) is 0 Å². The van der Waals surface area contributed by atoms with E-state index in [0.717, 1.165) is 5.69 Å². The van der Waals surface area contributed by atoms with Crippen LogP contribution in [-0.2, 0) is 7.05 Å². The molecule has 4 nitrogen and oxygen atoms in total. The molecule has 0 radical (unpaired) electrons. The fourth-order valence-electron chi connectivity index (χ4n) is 2.06. The first-order chi connectivity index (χ1) is 9.70. The van der Waals surface area contributed by atoms with Gasteiger partial charge in [0.25, 0.3) is 0 Å². The summed E-state index contributed by atoms with van der Waals surface area (Å²) in [6.45, 7) is 0.842. The third kappa shape index (κ3) is 3.48. The summed E-state index contributed by atoms with van der Waals surface area (Å²) in [6, 6.07) is 13.7. The predicted octanol–water partition coefficient (Wildman–Crippen LogP) is 2.63. The third-order valence-corrected chi connectivity index (χ3v) is 3.10. The van der Waals surface area contributed by atoms with E-state index in [1.807, 2.05) is 65.3 Å². The molecule has 20 heavy (non-hydrogen) atoms. The minimum absolute atomic E-state index is 0.0624. The van der Waals surface area contributed by atoms with Crippen molar-refractivity contribution in [1.82, 2.24) is 4.57 Å². The number of benzene rings is 1. The predicted molar refractivity (Wildman–Crippen MR) is 78.6 cm³/mol. The number of rotatable bonds is 6. The largest absolute Gasteiger partial charge is 0.363 e. The lowest BCUT2D eigenvalue weighted by Gasteiger charge is -2.22. The Hall–Kier alpha value is -2.54. The molecule has 0 aliphatic rings. The highest BCUT2D eigenvalue weighted by Crippen LogP contribution is 2.14. The number of hydrogen-bond acceptors (Lipinski definition) is 3. The van der Waals surface area contributed by atoms with Gasteiger partial charge in [0.05, 0.1) is 19.0 Å². The van der Waals surface area contributed by atoms with E-state index >= 15 is 0 Å². The van der Waals surface area contributed by atoms with Crippen molar-refractivity contribution in [3.63, 3.8) is 0 Å². The minimum atomic E-state index is 0.0624. The highest BCUT2D eigenvalue weighted by atomic mass is 16.1. The third-order valence-electron chi connectivity index (χ3n) is 3.10. The first kappa shape index (κ1) is 13.9. The SMILES string of the molecule is Cn1ccc(C(=O)CN(CCC#N)c2ccccc2)c1. The van der Waals surface area contributed by atoms with E-state index in [9.17, 15) is 4.79 Å². The number of ketones is 1. The molecule has 0 aliphatic carbocycles. The van der Waals surface area contributed by atoms with Gasteiger partial charge in [-0.2, -0.15) is 5.26 Å². The smallest absolute Gasteiger partial charge is 0.183 e. The molecule has 0 fully saturated rings. The van der Waals surface area contributed by atoms with Crippen molar-refractivity contribution < 1.29 is 4.79 Å². The summed E-state index contributed by atoms with van der Waals surface area (Å²) in [6.07, 6.45) is 4.07. The molecule has 1 aromatic heterocycles. The van der Waals surface area contributed by atoms with Gasteiger partial charge in [0.1, 0.15) is 0 Å². The Morgan fingerprint density at radius 1 is 1.30 bits per heavy atom. The molecular weight excluding hydrogens is 250 g/mol. The van der Waals surface area contributed by atoms with Crippen LogP contribution in [0.4, 0.5) is 5.69 Å². The molecule has 1 heterocycles. The van der Waals surface area contributed by atoms with Crippen molar-refractivity contribution in [2.75, 3.05) is 18.0 Å². The zero-order valence-electron chi connectivity index (χ0n) is 11.5. The highest BCUT2D eigenvalue weighted by Gasteiger charge is 2.13. The first-order valence-electron chi connectivity index (χ1n) is 6.53. The van der Waals surface area contributed by atoms with Crippen molar-refractivity contribution in [2.24, 2.45) is 7.05 Å². The average molecular weight is 267 g/mol. The molecule has 0 amide bonds. The van der Waals surface area contributed by atoms with Gasteiger partial charge in [0.2, 0.25) is 0 Å². The van der Waals surface area contributed by atoms with E-state index in [2.05, 4.69) is 6.07 Å². The second kappa shape index (κ2) is 6.58. The monoisotopic (exact) mass is 267 g/mol. The molecule has 0 aliphatic heterocycles. The van der Waals surface area contributed by atoms with Crippen molar-refractivity contribution in [3.8, 4) is 6.07 Å². The molecule has 0 bridgehead atoms. The number of aromatic nitrogens is 1. The van der Waals surface area contributed by atoms with Crippen LogP contribution in [0.3, 0.4) is 0 Å². The van der Waals surface area contributed by atoms with Crippen LogP contribution in [0, 0.1) is 11.3 Å². The lowest BCUT2D eigenvalue weighted by Crippen LogP contribution is -2.30. The minimum Gasteiger partial charge on any atom is -0.363 e. The summed E-state index contributed by atoms with van der Waals surface area (Å²) < 4.78 is 1.86. The van der Waals surface area contributed by atoms with Crippen molar-refractivity contribution in [3.05, 3.63) is 54.4 Å². The molecule has 0 N–H and O–H groups in total. The molecule has 0 spiro atoms. The second-order valence-corrected chi connectivity index (χ2v) is 4.65. The average Bonchev–Trinajstić information content (AvgIpc) is 2.91. The van der Waals surface area contributed by atoms with Crippen LogP contribution in [-0.4, -0.2) is 23.4 Å². The van der Waals surface area contributed by atoms with Gasteiger partial charge in [-0.25, -0.2) is 0 Å². The molecular formula is C16H17N3O. The lowest BCUT2D eigenvalue weighted by molar-refractivity contribution is 0.0999. The fraction of sp³-hybridized carbons (Fsp3) is 0.250. The van der Waals surface area contributed by atoms with Gasteiger partial charge < -0.3 is 9.47 Å². The maximum Gasteiger partial charge on any atom is 0.183 e. The number of carbonyl (C=O) groups excluding carboxylic acids is 1. The quantitative estimate of drug-likeness (QED) is 0.756. The molecule has 1 aromatic carbocycles. The Bertz CT molecular complexity index is 610. The van der Waals surface area contributed by atoms with E-state index in [1.54, 1.807) is 0 Å². The van der Waals surface area contributed by atoms with Gasteiger partial charge >= 0.3 is 0 Å². The van der Waals surface area contributed by atoms with Gasteiger partial charge in [-0.1, -0.05) is 18.2 Å². The van der Waals surface area contributed by atoms with Gasteiger partial charge in [0.15, 0.2) is 5.78 Å². The topological polar surface area (TPSA) is 49.0 Å². The maximum absolute atomic E-state index is 12.3. The first-order valence-corrected chi connectivity index (χ1v) is 6.53. The molecule has 102 valence electrons. The van der Waals surface area contributed by atoms with Crippen LogP contribution in [0.1, 0.15) is 16.8 Å². The van der Waals surface area contributed by atoms with E-state index < -0.39 is 0 Å². The van der Waals surface area contributed by atoms with Gasteiger partial charge in [-0.15, -0.1) is 0 Å². The summed E-state index contributed by atoms with van der Waals surface area (Å²) in [5, 5.41) is 8.75. The molecule has 0 saturated heterocycles. The number of anilines is 1. The second-order valence-electron chi connectivity index (χ2n) is 4.65. The summed E-state index contributed by atoms with van der Waals surface area (Å²) >= 11 is 0. The maximum atomic E-state index is 12.3. The van der Waals surface area contributed by atoms with Crippen LogP contribution in [0.15, 0.2) is 48.8 Å². The van der Waals surface area contributed by atoms with Crippen LogP contribution < -0.4 is 4.90 Å². The van der Waals surface area contributed by atoms with Crippen molar-refractivity contribution in [1.29, 1.82) is 5.26 Å². The molecule has 2 rings (SSSR count). The number of Topliss-reactive ketones (excluding diaryl/α,β-unsaturated/α-hetero) is 1. The van der Waals surface area contributed by atoms with Crippen LogP contribution in [0.25, 0.3) is 0 Å². The number of carbonyl (C=O) groups is 1. The number of nitrogens with zero attached hydrogens (tertiary/aromatic N) is 3. The zero-order valence-corrected chi connectivity index (χ0v) is 11.5. The molecule has 0 saturated carbocycles. The Morgan fingerprint density at radius 3 is 2.65 bits per heavy atom. The van der Waals surface area contributed by atoms with E-state index in [4.69, 9.17) is 5.26 Å². The van der Waals surface area contributed by atoms with Gasteiger partial charge in [-0.05, 0) is 18.2 Å². The molecule has 2 aromatic rings. The Kier molecular flexibility index (Phi) is 4.56. The molecule has 0 atom stereocenters. The number of nitriles is 1. The molecule has 0 unspecified atom stereocenters. The Balaban J connectivity index is 2.12. The van der Waals surface area contributed by atoms with E-state index in [-0.39, 0.29) is 12.3 Å². The summed E-state index contributed by atoms with van der Waals surface area (Å²) in [7, 11) is 1.89. The zero-order chi connectivity index (χ0) is 14.4. The Morgan fingerprint density at radius 2 is 2.05 bits per heavy atom. The van der Waals surface area contributed by atoms with Crippen LogP contribution >= 0.6 is 0 Å². The van der Waals surface area contributed by atoms with Gasteiger partial charge in [-0.3, -0.25) is 4.79 Å². The number of para-hydroxylation sites is 1. The Labute approximate surface area is 118 Å². The summed E-state index contributed by atoms with van der Waals surface area (Å²) in [5.74, 6) is 0.0624. The highest BCUT2D eigenvalue weighted by molar-refractivity contribution is 5.99. The summed E-state index contributed by atoms with van der Waals surface area (Å²) in [4.78, 5) is 14.2. The standard InChI is InChI=1S/C16H17N3O/c1-18-11-8-14(12-18)16(20)13-19(10-5-9-17)15-6-3-2-4-7-15/h2-4,6-8,11-12H,5,10,13H2,1H3. The van der Waals surface area contributed by atoms with Crippen molar-refractivity contribution >= 4 is 11.5 Å². The van der Waals surface area contributed by atoms with Crippen LogP contribution in [0.2, 0.25) is 0 Å². The normalized spacial score (nSPS) is 10.0. The lowest BCUT2D eigenvalue weighted by atomic mass is 10.2. The van der Waals surface area contributed by atoms with Crippen LogP contribution in [0.5, 0.6) is 0 Å². The van der Waals surface area contributed by atoms with E-state index in [0.29, 0.717) is 18.5 Å². The fourth-order valence-corrected chi connectivity index (χ4v) is 2.06. The van der Waals surface area contributed by atoms with Gasteiger partial charge in [0, 0.05) is 37.2 Å². The number of hydrogen-bond donors (Lipinski definition) is 0. The summed E-state index contributed by atoms with van der Waals surface area (Å²) in [5.41, 5.74) is 1.66. The number of aryl methyl sites for hydroxylation is 1. The van der Waals surface area contributed by atoms with Crippen molar-refractivity contribution in [2.45, 2.75) is 6.42 Å². The molecule has 4 heteroatoms.